The smallest absolute Gasteiger partial charge is 0.244 e. The van der Waals surface area contributed by atoms with Crippen LogP contribution in [0.4, 0.5) is 0 Å². The molecule has 2 atom stereocenters. The zero-order valence-electron chi connectivity index (χ0n) is 9.82. The van der Waals surface area contributed by atoms with E-state index in [-0.39, 0.29) is 31.3 Å². The minimum absolute atomic E-state index is 0.00213. The zero-order chi connectivity index (χ0) is 12.3. The Morgan fingerprint density at radius 1 is 1.59 bits per heavy atom. The summed E-state index contributed by atoms with van der Waals surface area (Å²) in [5.74, 6) is 0.00213. The molecule has 6 heteroatoms. The third-order valence-electron chi connectivity index (χ3n) is 2.74. The maximum Gasteiger partial charge on any atom is 0.244 e. The lowest BCUT2D eigenvalue weighted by Crippen LogP contribution is -2.51. The molecule has 0 saturated carbocycles. The number of rotatable bonds is 3. The van der Waals surface area contributed by atoms with Crippen LogP contribution < -0.4 is 0 Å². The standard InChI is InChI=1S/C11H17N3O3/c1-9-5-13(6-10(8-15)17-9)11(16)7-14-4-2-3-12-14/h2-4,9-10,15H,5-8H2,1H3. The second kappa shape index (κ2) is 5.29. The fourth-order valence-electron chi connectivity index (χ4n) is 1.98. The maximum atomic E-state index is 12.0. The average molecular weight is 239 g/mol. The molecular formula is C11H17N3O3. The van der Waals surface area contributed by atoms with E-state index in [0.717, 1.165) is 0 Å². The molecular weight excluding hydrogens is 222 g/mol. The fourth-order valence-corrected chi connectivity index (χ4v) is 1.98. The first-order valence-corrected chi connectivity index (χ1v) is 5.70. The Balaban J connectivity index is 1.94. The molecule has 2 heterocycles. The molecule has 2 rings (SSSR count). The molecule has 1 aliphatic rings. The summed E-state index contributed by atoms with van der Waals surface area (Å²) in [5, 5.41) is 13.1. The van der Waals surface area contributed by atoms with E-state index in [1.807, 2.05) is 6.92 Å². The molecule has 0 radical (unpaired) electrons. The summed E-state index contributed by atoms with van der Waals surface area (Å²) in [7, 11) is 0. The molecule has 94 valence electrons. The van der Waals surface area contributed by atoms with Crippen LogP contribution in [-0.4, -0.2) is 57.6 Å². The van der Waals surface area contributed by atoms with Gasteiger partial charge in [-0.2, -0.15) is 5.10 Å². The number of hydrogen-bond donors (Lipinski definition) is 1. The minimum Gasteiger partial charge on any atom is -0.394 e. The summed E-state index contributed by atoms with van der Waals surface area (Å²) in [6.45, 7) is 3.08. The number of aliphatic hydroxyl groups is 1. The van der Waals surface area contributed by atoms with Gasteiger partial charge in [-0.15, -0.1) is 0 Å². The van der Waals surface area contributed by atoms with Gasteiger partial charge in [0, 0.05) is 25.5 Å². The highest BCUT2D eigenvalue weighted by Gasteiger charge is 2.27. The first kappa shape index (κ1) is 12.1. The van der Waals surface area contributed by atoms with Crippen molar-refractivity contribution in [2.24, 2.45) is 0 Å². The highest BCUT2D eigenvalue weighted by Crippen LogP contribution is 2.11. The van der Waals surface area contributed by atoms with Gasteiger partial charge in [-0.1, -0.05) is 0 Å². The highest BCUT2D eigenvalue weighted by molar-refractivity contribution is 5.76. The largest absolute Gasteiger partial charge is 0.394 e. The number of nitrogens with zero attached hydrogens (tertiary/aromatic N) is 3. The van der Waals surface area contributed by atoms with Gasteiger partial charge in [0.2, 0.25) is 5.91 Å². The van der Waals surface area contributed by atoms with Crippen molar-refractivity contribution in [2.75, 3.05) is 19.7 Å². The summed E-state index contributed by atoms with van der Waals surface area (Å²) < 4.78 is 7.08. The van der Waals surface area contributed by atoms with Gasteiger partial charge in [0.15, 0.2) is 0 Å². The summed E-state index contributed by atoms with van der Waals surface area (Å²) in [6.07, 6.45) is 3.08. The third-order valence-corrected chi connectivity index (χ3v) is 2.74. The van der Waals surface area contributed by atoms with E-state index < -0.39 is 0 Å². The quantitative estimate of drug-likeness (QED) is 0.771. The maximum absolute atomic E-state index is 12.0. The number of aromatic nitrogens is 2. The van der Waals surface area contributed by atoms with Crippen molar-refractivity contribution in [3.8, 4) is 0 Å². The highest BCUT2D eigenvalue weighted by atomic mass is 16.5. The van der Waals surface area contributed by atoms with Crippen molar-refractivity contribution in [1.82, 2.24) is 14.7 Å². The Hall–Kier alpha value is -1.40. The van der Waals surface area contributed by atoms with Crippen LogP contribution >= 0.6 is 0 Å². The van der Waals surface area contributed by atoms with Crippen LogP contribution in [0.5, 0.6) is 0 Å². The molecule has 1 aromatic rings. The number of amides is 1. The molecule has 1 N–H and O–H groups in total. The fraction of sp³-hybridized carbons (Fsp3) is 0.636. The zero-order valence-corrected chi connectivity index (χ0v) is 9.82. The van der Waals surface area contributed by atoms with Crippen molar-refractivity contribution in [3.05, 3.63) is 18.5 Å². The first-order valence-electron chi connectivity index (χ1n) is 5.70. The van der Waals surface area contributed by atoms with Crippen LogP contribution in [0.2, 0.25) is 0 Å². The number of carbonyl (C=O) groups excluding carboxylic acids is 1. The molecule has 0 bridgehead atoms. The average Bonchev–Trinajstić information content (AvgIpc) is 2.81. The Morgan fingerprint density at radius 3 is 3.06 bits per heavy atom. The van der Waals surface area contributed by atoms with Crippen LogP contribution in [0, 0.1) is 0 Å². The van der Waals surface area contributed by atoms with Gasteiger partial charge in [0.05, 0.1) is 18.8 Å². The van der Waals surface area contributed by atoms with Gasteiger partial charge in [-0.05, 0) is 13.0 Å². The molecule has 1 saturated heterocycles. The van der Waals surface area contributed by atoms with Crippen LogP contribution in [0.25, 0.3) is 0 Å². The lowest BCUT2D eigenvalue weighted by Gasteiger charge is -2.36. The van der Waals surface area contributed by atoms with Crippen LogP contribution in [0.3, 0.4) is 0 Å². The summed E-state index contributed by atoms with van der Waals surface area (Å²) in [4.78, 5) is 13.7. The van der Waals surface area contributed by atoms with Crippen molar-refractivity contribution in [3.63, 3.8) is 0 Å². The van der Waals surface area contributed by atoms with Gasteiger partial charge < -0.3 is 14.7 Å². The van der Waals surface area contributed by atoms with Gasteiger partial charge in [0.1, 0.15) is 6.54 Å². The van der Waals surface area contributed by atoms with Crippen LogP contribution in [0.1, 0.15) is 6.92 Å². The molecule has 1 aliphatic heterocycles. The first-order chi connectivity index (χ1) is 8.19. The van der Waals surface area contributed by atoms with Crippen molar-refractivity contribution in [2.45, 2.75) is 25.7 Å². The van der Waals surface area contributed by atoms with Crippen molar-refractivity contribution >= 4 is 5.91 Å². The molecule has 17 heavy (non-hydrogen) atoms. The SMILES string of the molecule is CC1CN(C(=O)Cn2cccn2)CC(CO)O1. The predicted octanol–water partition coefficient (Wildman–Crippen LogP) is -0.509. The summed E-state index contributed by atoms with van der Waals surface area (Å²) >= 11 is 0. The van der Waals surface area contributed by atoms with E-state index in [1.54, 1.807) is 28.0 Å². The Bertz CT molecular complexity index is 366. The molecule has 0 spiro atoms. The van der Waals surface area contributed by atoms with Crippen LogP contribution in [0.15, 0.2) is 18.5 Å². The van der Waals surface area contributed by atoms with Gasteiger partial charge in [0.25, 0.3) is 0 Å². The molecule has 1 aromatic heterocycles. The molecule has 6 nitrogen and oxygen atoms in total. The van der Waals surface area contributed by atoms with Crippen molar-refractivity contribution < 1.29 is 14.6 Å². The van der Waals surface area contributed by atoms with Gasteiger partial charge in [-0.3, -0.25) is 9.48 Å². The second-order valence-corrected chi connectivity index (χ2v) is 4.25. The number of morpholine rings is 1. The monoisotopic (exact) mass is 239 g/mol. The van der Waals surface area contributed by atoms with E-state index >= 15 is 0 Å². The third kappa shape index (κ3) is 3.04. The van der Waals surface area contributed by atoms with Gasteiger partial charge >= 0.3 is 0 Å². The molecule has 0 aromatic carbocycles. The van der Waals surface area contributed by atoms with Crippen molar-refractivity contribution in [1.29, 1.82) is 0 Å². The summed E-state index contributed by atoms with van der Waals surface area (Å²) in [6, 6.07) is 1.78. The van der Waals surface area contributed by atoms with E-state index in [9.17, 15) is 4.79 Å². The Labute approximate surface area is 99.8 Å². The second-order valence-electron chi connectivity index (χ2n) is 4.25. The van der Waals surface area contributed by atoms with E-state index in [2.05, 4.69) is 5.10 Å². The molecule has 1 amide bonds. The lowest BCUT2D eigenvalue weighted by molar-refractivity contribution is -0.147. The molecule has 2 unspecified atom stereocenters. The van der Waals surface area contributed by atoms with Gasteiger partial charge in [-0.25, -0.2) is 0 Å². The number of carbonyl (C=O) groups is 1. The van der Waals surface area contributed by atoms with E-state index in [1.165, 1.54) is 0 Å². The van der Waals surface area contributed by atoms with Crippen LogP contribution in [-0.2, 0) is 16.1 Å². The number of aliphatic hydroxyl groups excluding tert-OH is 1. The lowest BCUT2D eigenvalue weighted by atomic mass is 10.2. The minimum atomic E-state index is -0.277. The molecule has 1 fully saturated rings. The Kier molecular flexibility index (Phi) is 3.75. The molecule has 0 aliphatic carbocycles. The topological polar surface area (TPSA) is 67.6 Å². The normalized spacial score (nSPS) is 24.9. The summed E-state index contributed by atoms with van der Waals surface area (Å²) in [5.41, 5.74) is 0. The number of hydrogen-bond acceptors (Lipinski definition) is 4. The predicted molar refractivity (Wildman–Crippen MR) is 60.2 cm³/mol. The van der Waals surface area contributed by atoms with E-state index in [4.69, 9.17) is 9.84 Å². The van der Waals surface area contributed by atoms with E-state index in [0.29, 0.717) is 13.1 Å². The Morgan fingerprint density at radius 2 is 2.41 bits per heavy atom. The number of ether oxygens (including phenoxy) is 1.